The number of aryl methyl sites for hydroxylation is 1. The summed E-state index contributed by atoms with van der Waals surface area (Å²) in [5.74, 6) is 0.950. The van der Waals surface area contributed by atoms with E-state index >= 15 is 0 Å². The van der Waals surface area contributed by atoms with Crippen molar-refractivity contribution < 1.29 is 4.79 Å². The van der Waals surface area contributed by atoms with Gasteiger partial charge in [-0.1, -0.05) is 13.8 Å². The van der Waals surface area contributed by atoms with Gasteiger partial charge in [-0.2, -0.15) is 0 Å². The first-order chi connectivity index (χ1) is 9.47. The minimum Gasteiger partial charge on any atom is -0.384 e. The summed E-state index contributed by atoms with van der Waals surface area (Å²) in [5, 5.41) is 2.76. The zero-order valence-electron chi connectivity index (χ0n) is 12.1. The van der Waals surface area contributed by atoms with E-state index in [0.717, 1.165) is 5.69 Å². The fraction of sp³-hybridized carbons (Fsp3) is 0.286. The van der Waals surface area contributed by atoms with Gasteiger partial charge in [-0.25, -0.2) is 15.0 Å². The normalized spacial score (nSPS) is 10.1. The van der Waals surface area contributed by atoms with Crippen LogP contribution in [0.4, 0.5) is 11.5 Å². The fourth-order valence-corrected chi connectivity index (χ4v) is 1.78. The smallest absolute Gasteiger partial charge is 0.259 e. The molecule has 6 nitrogen and oxygen atoms in total. The molecule has 0 unspecified atom stereocenters. The van der Waals surface area contributed by atoms with E-state index in [4.69, 9.17) is 5.73 Å². The molecule has 2 rings (SSSR count). The monoisotopic (exact) mass is 307 g/mol. The summed E-state index contributed by atoms with van der Waals surface area (Å²) in [6.07, 6.45) is 3.06. The lowest BCUT2D eigenvalue weighted by Crippen LogP contribution is -2.17. The molecule has 0 atom stereocenters. The van der Waals surface area contributed by atoms with Crippen molar-refractivity contribution in [2.75, 3.05) is 11.1 Å². The molecule has 0 saturated heterocycles. The number of amides is 1. The van der Waals surface area contributed by atoms with Crippen LogP contribution in [0.25, 0.3) is 0 Å². The Balaban J connectivity index is 0.00000220. The van der Waals surface area contributed by atoms with Crippen molar-refractivity contribution >= 4 is 29.8 Å². The Bertz CT molecular complexity index is 628. The lowest BCUT2D eigenvalue weighted by atomic mass is 10.0. The number of aromatic nitrogens is 3. The highest BCUT2D eigenvalue weighted by molar-refractivity contribution is 6.04. The van der Waals surface area contributed by atoms with Crippen LogP contribution in [0.5, 0.6) is 0 Å². The Morgan fingerprint density at radius 1 is 1.24 bits per heavy atom. The Morgan fingerprint density at radius 2 is 1.95 bits per heavy atom. The molecule has 2 aromatic rings. The Hall–Kier alpha value is -2.21. The molecule has 2 heterocycles. The number of halogens is 1. The van der Waals surface area contributed by atoms with Crippen LogP contribution in [0, 0.1) is 6.92 Å². The SMILES string of the molecule is Cc1ncc(C(=O)Nc2ccc(N)nc2)c(C(C)C)n1.Cl. The second kappa shape index (κ2) is 6.99. The average Bonchev–Trinajstić information content (AvgIpc) is 2.41. The second-order valence-corrected chi connectivity index (χ2v) is 4.80. The standard InChI is InChI=1S/C14H17N5O.ClH/c1-8(2)13-11(7-16-9(3)18-13)14(20)19-10-4-5-12(15)17-6-10;/h4-8H,1-3H3,(H2,15,17)(H,19,20);1H. The molecule has 0 aliphatic carbocycles. The summed E-state index contributed by atoms with van der Waals surface area (Å²) in [6.45, 7) is 5.78. The molecule has 0 fully saturated rings. The number of hydrogen-bond acceptors (Lipinski definition) is 5. The van der Waals surface area contributed by atoms with Crippen molar-refractivity contribution in [2.24, 2.45) is 0 Å². The summed E-state index contributed by atoms with van der Waals surface area (Å²) >= 11 is 0. The van der Waals surface area contributed by atoms with Gasteiger partial charge < -0.3 is 11.1 Å². The predicted octanol–water partition coefficient (Wildman–Crippen LogP) is 2.56. The third-order valence-electron chi connectivity index (χ3n) is 2.77. The number of pyridine rings is 1. The highest BCUT2D eigenvalue weighted by Crippen LogP contribution is 2.18. The van der Waals surface area contributed by atoms with Gasteiger partial charge in [0.15, 0.2) is 0 Å². The molecular formula is C14H18ClN5O. The zero-order chi connectivity index (χ0) is 14.7. The van der Waals surface area contributed by atoms with E-state index in [1.165, 1.54) is 6.20 Å². The minimum absolute atomic E-state index is 0. The number of anilines is 2. The number of nitrogens with zero attached hydrogens (tertiary/aromatic N) is 3. The van der Waals surface area contributed by atoms with Crippen LogP contribution in [0.1, 0.15) is 41.6 Å². The summed E-state index contributed by atoms with van der Waals surface area (Å²) < 4.78 is 0. The maximum absolute atomic E-state index is 12.3. The topological polar surface area (TPSA) is 93.8 Å². The predicted molar refractivity (Wildman–Crippen MR) is 84.7 cm³/mol. The van der Waals surface area contributed by atoms with Crippen molar-refractivity contribution in [1.82, 2.24) is 15.0 Å². The Kier molecular flexibility index (Phi) is 5.60. The molecule has 0 aliphatic rings. The first kappa shape index (κ1) is 16.8. The Morgan fingerprint density at radius 3 is 2.52 bits per heavy atom. The van der Waals surface area contributed by atoms with Crippen LogP contribution in [-0.4, -0.2) is 20.9 Å². The highest BCUT2D eigenvalue weighted by atomic mass is 35.5. The first-order valence-corrected chi connectivity index (χ1v) is 6.34. The molecule has 0 saturated carbocycles. The maximum Gasteiger partial charge on any atom is 0.259 e. The largest absolute Gasteiger partial charge is 0.384 e. The van der Waals surface area contributed by atoms with Crippen molar-refractivity contribution in [3.63, 3.8) is 0 Å². The summed E-state index contributed by atoms with van der Waals surface area (Å²) in [7, 11) is 0. The number of carbonyl (C=O) groups excluding carboxylic acids is 1. The molecule has 1 amide bonds. The quantitative estimate of drug-likeness (QED) is 0.909. The van der Waals surface area contributed by atoms with Crippen LogP contribution >= 0.6 is 12.4 Å². The number of hydrogen-bond donors (Lipinski definition) is 2. The van der Waals surface area contributed by atoms with E-state index in [9.17, 15) is 4.79 Å². The van der Waals surface area contributed by atoms with Crippen molar-refractivity contribution in [3.8, 4) is 0 Å². The molecule has 0 aliphatic heterocycles. The molecule has 7 heteroatoms. The van der Waals surface area contributed by atoms with Crippen molar-refractivity contribution in [1.29, 1.82) is 0 Å². The number of carbonyl (C=O) groups is 1. The van der Waals surface area contributed by atoms with Gasteiger partial charge in [0.05, 0.1) is 23.1 Å². The number of nitrogens with two attached hydrogens (primary N) is 1. The first-order valence-electron chi connectivity index (χ1n) is 6.34. The van der Waals surface area contributed by atoms with Crippen LogP contribution in [0.15, 0.2) is 24.5 Å². The van der Waals surface area contributed by atoms with Crippen LogP contribution in [0.3, 0.4) is 0 Å². The van der Waals surface area contributed by atoms with Crippen LogP contribution < -0.4 is 11.1 Å². The lowest BCUT2D eigenvalue weighted by Gasteiger charge is -2.12. The van der Waals surface area contributed by atoms with E-state index in [1.54, 1.807) is 25.3 Å². The van der Waals surface area contributed by atoms with E-state index in [-0.39, 0.29) is 24.2 Å². The van der Waals surface area contributed by atoms with E-state index in [1.807, 2.05) is 13.8 Å². The van der Waals surface area contributed by atoms with Gasteiger partial charge in [0, 0.05) is 6.20 Å². The Labute approximate surface area is 129 Å². The number of rotatable bonds is 3. The molecule has 0 spiro atoms. The van der Waals surface area contributed by atoms with Gasteiger partial charge in [-0.15, -0.1) is 12.4 Å². The molecule has 2 aromatic heterocycles. The molecule has 0 aromatic carbocycles. The lowest BCUT2D eigenvalue weighted by molar-refractivity contribution is 0.102. The van der Waals surface area contributed by atoms with E-state index in [0.29, 0.717) is 22.9 Å². The van der Waals surface area contributed by atoms with Crippen molar-refractivity contribution in [3.05, 3.63) is 41.6 Å². The van der Waals surface area contributed by atoms with Gasteiger partial charge in [-0.3, -0.25) is 4.79 Å². The third kappa shape index (κ3) is 4.13. The molecule has 0 radical (unpaired) electrons. The maximum atomic E-state index is 12.3. The van der Waals surface area contributed by atoms with Gasteiger partial charge >= 0.3 is 0 Å². The second-order valence-electron chi connectivity index (χ2n) is 4.80. The van der Waals surface area contributed by atoms with Gasteiger partial charge in [0.1, 0.15) is 11.6 Å². The molecule has 112 valence electrons. The fourth-order valence-electron chi connectivity index (χ4n) is 1.78. The van der Waals surface area contributed by atoms with E-state index < -0.39 is 0 Å². The minimum atomic E-state index is -0.250. The molecule has 21 heavy (non-hydrogen) atoms. The van der Waals surface area contributed by atoms with Crippen LogP contribution in [-0.2, 0) is 0 Å². The summed E-state index contributed by atoms with van der Waals surface area (Å²) in [6, 6.07) is 3.33. The molecule has 0 bridgehead atoms. The third-order valence-corrected chi connectivity index (χ3v) is 2.77. The molecule has 3 N–H and O–H groups in total. The van der Waals surface area contributed by atoms with Gasteiger partial charge in [-0.05, 0) is 25.0 Å². The summed E-state index contributed by atoms with van der Waals surface area (Å²) in [4.78, 5) is 24.6. The summed E-state index contributed by atoms with van der Waals surface area (Å²) in [5.41, 5.74) is 7.30. The number of nitrogen functional groups attached to an aromatic ring is 1. The van der Waals surface area contributed by atoms with Gasteiger partial charge in [0.2, 0.25) is 0 Å². The highest BCUT2D eigenvalue weighted by Gasteiger charge is 2.16. The van der Waals surface area contributed by atoms with E-state index in [2.05, 4.69) is 20.3 Å². The van der Waals surface area contributed by atoms with Crippen molar-refractivity contribution in [2.45, 2.75) is 26.7 Å². The molecular weight excluding hydrogens is 290 g/mol. The van der Waals surface area contributed by atoms with Gasteiger partial charge in [0.25, 0.3) is 5.91 Å². The van der Waals surface area contributed by atoms with Crippen LogP contribution in [0.2, 0.25) is 0 Å². The average molecular weight is 308 g/mol. The number of nitrogens with one attached hydrogen (secondary N) is 1. The zero-order valence-corrected chi connectivity index (χ0v) is 12.9.